The van der Waals surface area contributed by atoms with Crippen LogP contribution in [-0.4, -0.2) is 34.6 Å². The molecule has 0 radical (unpaired) electrons. The zero-order valence-electron chi connectivity index (χ0n) is 15.8. The van der Waals surface area contributed by atoms with Crippen molar-refractivity contribution in [2.75, 3.05) is 0 Å². The van der Waals surface area contributed by atoms with Crippen molar-refractivity contribution in [2.24, 2.45) is 0 Å². The zero-order valence-corrected chi connectivity index (χ0v) is 15.8. The molecule has 0 spiro atoms. The van der Waals surface area contributed by atoms with E-state index in [1.165, 1.54) is 4.90 Å². The van der Waals surface area contributed by atoms with Gasteiger partial charge >= 0.3 is 0 Å². The summed E-state index contributed by atoms with van der Waals surface area (Å²) < 4.78 is 0. The summed E-state index contributed by atoms with van der Waals surface area (Å²) in [6.45, 7) is 0.770. The fourth-order valence-corrected chi connectivity index (χ4v) is 3.78. The smallest absolute Gasteiger partial charge is 0.255 e. The van der Waals surface area contributed by atoms with Crippen molar-refractivity contribution in [3.63, 3.8) is 0 Å². The molecule has 7 heteroatoms. The Morgan fingerprint density at radius 3 is 2.62 bits per heavy atom. The maximum Gasteiger partial charge on any atom is 0.255 e. The highest BCUT2D eigenvalue weighted by Crippen LogP contribution is 2.28. The van der Waals surface area contributed by atoms with Crippen LogP contribution in [0.5, 0.6) is 0 Å². The second-order valence-corrected chi connectivity index (χ2v) is 7.33. The fraction of sp³-hybridized carbons (Fsp3) is 0.273. The summed E-state index contributed by atoms with van der Waals surface area (Å²) in [6.07, 6.45) is 0.773. The number of benzene rings is 2. The number of nitrogens with one attached hydrogen (secondary N) is 2. The number of nitrogens with zero attached hydrogens (tertiary/aromatic N) is 1. The van der Waals surface area contributed by atoms with E-state index in [4.69, 9.17) is 0 Å². The number of hydrogen-bond acceptors (Lipinski definition) is 4. The Labute approximate surface area is 168 Å². The average molecular weight is 391 g/mol. The van der Waals surface area contributed by atoms with Crippen LogP contribution in [0.15, 0.2) is 48.5 Å². The molecule has 2 aromatic rings. The normalized spacial score (nSPS) is 18.4. The molecule has 2 heterocycles. The second kappa shape index (κ2) is 7.87. The molecule has 148 valence electrons. The van der Waals surface area contributed by atoms with Gasteiger partial charge in [-0.1, -0.05) is 42.5 Å². The van der Waals surface area contributed by atoms with Gasteiger partial charge in [0.25, 0.3) is 5.91 Å². The maximum atomic E-state index is 12.7. The minimum Gasteiger partial charge on any atom is -0.352 e. The number of carbonyl (C=O) groups excluding carboxylic acids is 4. The quantitative estimate of drug-likeness (QED) is 0.751. The highest BCUT2D eigenvalue weighted by Gasteiger charge is 2.39. The molecular weight excluding hydrogens is 370 g/mol. The van der Waals surface area contributed by atoms with Crippen LogP contribution in [0.25, 0.3) is 0 Å². The second-order valence-electron chi connectivity index (χ2n) is 7.33. The highest BCUT2D eigenvalue weighted by molar-refractivity contribution is 6.05. The van der Waals surface area contributed by atoms with E-state index >= 15 is 0 Å². The maximum absolute atomic E-state index is 12.7. The molecular formula is C22H21N3O4. The van der Waals surface area contributed by atoms with Crippen molar-refractivity contribution in [3.8, 4) is 0 Å². The van der Waals surface area contributed by atoms with Crippen LogP contribution in [0.4, 0.5) is 0 Å². The largest absolute Gasteiger partial charge is 0.352 e. The number of hydrogen-bond donors (Lipinski definition) is 2. The van der Waals surface area contributed by atoms with Crippen LogP contribution < -0.4 is 10.6 Å². The minimum atomic E-state index is -0.634. The number of rotatable bonds is 5. The Bertz CT molecular complexity index is 987. The van der Waals surface area contributed by atoms with Crippen LogP contribution in [0.2, 0.25) is 0 Å². The molecule has 0 saturated carbocycles. The Balaban J connectivity index is 1.40. The third-order valence-corrected chi connectivity index (χ3v) is 5.29. The summed E-state index contributed by atoms with van der Waals surface area (Å²) in [5.41, 5.74) is 3.18. The van der Waals surface area contributed by atoms with Gasteiger partial charge in [-0.05, 0) is 29.2 Å². The van der Waals surface area contributed by atoms with E-state index < -0.39 is 11.9 Å². The number of carbonyl (C=O) groups is 4. The average Bonchev–Trinajstić information content (AvgIpc) is 3.03. The number of piperidine rings is 1. The van der Waals surface area contributed by atoms with Crippen molar-refractivity contribution in [2.45, 2.75) is 38.4 Å². The Morgan fingerprint density at radius 2 is 1.86 bits per heavy atom. The molecule has 7 nitrogen and oxygen atoms in total. The first-order valence-corrected chi connectivity index (χ1v) is 9.58. The number of imide groups is 1. The molecule has 0 bridgehead atoms. The molecule has 0 aliphatic carbocycles. The third kappa shape index (κ3) is 4.03. The van der Waals surface area contributed by atoms with Gasteiger partial charge in [-0.25, -0.2) is 0 Å². The highest BCUT2D eigenvalue weighted by atomic mass is 16.2. The molecule has 1 atom stereocenters. The van der Waals surface area contributed by atoms with Crippen molar-refractivity contribution in [1.29, 1.82) is 0 Å². The lowest BCUT2D eigenvalue weighted by molar-refractivity contribution is -0.137. The van der Waals surface area contributed by atoms with Crippen LogP contribution >= 0.6 is 0 Å². The summed E-state index contributed by atoms with van der Waals surface area (Å²) >= 11 is 0. The van der Waals surface area contributed by atoms with Crippen molar-refractivity contribution in [1.82, 2.24) is 15.5 Å². The van der Waals surface area contributed by atoms with Crippen LogP contribution in [0.3, 0.4) is 0 Å². The van der Waals surface area contributed by atoms with Gasteiger partial charge in [0.2, 0.25) is 17.7 Å². The molecule has 0 aromatic heterocycles. The van der Waals surface area contributed by atoms with Crippen molar-refractivity contribution in [3.05, 3.63) is 70.8 Å². The summed E-state index contributed by atoms with van der Waals surface area (Å²) in [4.78, 5) is 49.9. The summed E-state index contributed by atoms with van der Waals surface area (Å²) in [5, 5.41) is 5.19. The molecule has 1 unspecified atom stereocenters. The molecule has 1 fully saturated rings. The molecule has 1 saturated heterocycles. The Kier molecular flexibility index (Phi) is 5.12. The SMILES string of the molecule is O=C(Cc1ccc2c(c1)CN(C1CCC(=O)NC1=O)C2=O)NCc1ccccc1. The summed E-state index contributed by atoms with van der Waals surface area (Å²) in [5.74, 6) is -1.04. The molecule has 2 aliphatic rings. The molecule has 4 rings (SSSR count). The first-order chi connectivity index (χ1) is 14.0. The predicted molar refractivity (Wildman–Crippen MR) is 104 cm³/mol. The van der Waals surface area contributed by atoms with Gasteiger partial charge in [0, 0.05) is 25.1 Å². The first kappa shape index (κ1) is 18.9. The molecule has 4 amide bonds. The van der Waals surface area contributed by atoms with E-state index in [0.717, 1.165) is 16.7 Å². The van der Waals surface area contributed by atoms with E-state index in [1.54, 1.807) is 12.1 Å². The lowest BCUT2D eigenvalue weighted by Crippen LogP contribution is -2.52. The minimum absolute atomic E-state index is 0.0971. The van der Waals surface area contributed by atoms with Crippen molar-refractivity contribution >= 4 is 23.6 Å². The summed E-state index contributed by atoms with van der Waals surface area (Å²) in [6, 6.07) is 14.4. The molecule has 29 heavy (non-hydrogen) atoms. The zero-order chi connectivity index (χ0) is 20.4. The van der Waals surface area contributed by atoms with Crippen LogP contribution in [0.1, 0.15) is 39.9 Å². The Morgan fingerprint density at radius 1 is 1.07 bits per heavy atom. The molecule has 2 aliphatic heterocycles. The van der Waals surface area contributed by atoms with Gasteiger partial charge < -0.3 is 10.2 Å². The van der Waals surface area contributed by atoms with E-state index in [0.29, 0.717) is 25.1 Å². The van der Waals surface area contributed by atoms with Crippen molar-refractivity contribution < 1.29 is 19.2 Å². The van der Waals surface area contributed by atoms with E-state index in [2.05, 4.69) is 10.6 Å². The van der Waals surface area contributed by atoms with E-state index in [1.807, 2.05) is 36.4 Å². The lowest BCUT2D eigenvalue weighted by atomic mass is 10.0. The van der Waals surface area contributed by atoms with Gasteiger partial charge in [-0.15, -0.1) is 0 Å². The van der Waals surface area contributed by atoms with Gasteiger partial charge in [0.1, 0.15) is 6.04 Å². The monoisotopic (exact) mass is 391 g/mol. The van der Waals surface area contributed by atoms with Gasteiger partial charge in [-0.3, -0.25) is 24.5 Å². The van der Waals surface area contributed by atoms with Crippen LogP contribution in [0, 0.1) is 0 Å². The fourth-order valence-electron chi connectivity index (χ4n) is 3.78. The molecule has 2 aromatic carbocycles. The number of amides is 4. The van der Waals surface area contributed by atoms with Gasteiger partial charge in [-0.2, -0.15) is 0 Å². The van der Waals surface area contributed by atoms with Gasteiger partial charge in [0.15, 0.2) is 0 Å². The Hall–Kier alpha value is -3.48. The number of fused-ring (bicyclic) bond motifs is 1. The van der Waals surface area contributed by atoms with Gasteiger partial charge in [0.05, 0.1) is 6.42 Å². The van der Waals surface area contributed by atoms with Crippen LogP contribution in [-0.2, 0) is 33.9 Å². The summed E-state index contributed by atoms with van der Waals surface area (Å²) in [7, 11) is 0. The molecule has 2 N–H and O–H groups in total. The third-order valence-electron chi connectivity index (χ3n) is 5.29. The van der Waals surface area contributed by atoms with E-state index in [-0.39, 0.29) is 30.6 Å². The first-order valence-electron chi connectivity index (χ1n) is 9.58. The standard InChI is InChI=1S/C22H21N3O4/c26-19-9-8-18(21(28)24-19)25-13-16-10-15(6-7-17(16)22(25)29)11-20(27)23-12-14-4-2-1-3-5-14/h1-7,10,18H,8-9,11-13H2,(H,23,27)(H,24,26,28). The lowest BCUT2D eigenvalue weighted by Gasteiger charge is -2.29. The predicted octanol–water partition coefficient (Wildman–Crippen LogP) is 1.31. The topological polar surface area (TPSA) is 95.6 Å². The van der Waals surface area contributed by atoms with E-state index in [9.17, 15) is 19.2 Å².